The lowest BCUT2D eigenvalue weighted by Gasteiger charge is -2.17. The molecule has 0 aliphatic rings. The molecule has 2 nitrogen and oxygen atoms in total. The molecule has 21 heavy (non-hydrogen) atoms. The summed E-state index contributed by atoms with van der Waals surface area (Å²) in [5.41, 5.74) is 2.46. The molecule has 0 saturated carbocycles. The first-order chi connectivity index (χ1) is 10.1. The molecular formula is C16H13Cl2FN2. The monoisotopic (exact) mass is 322 g/mol. The van der Waals surface area contributed by atoms with E-state index in [0.29, 0.717) is 16.9 Å². The Morgan fingerprint density at radius 1 is 1.24 bits per heavy atom. The Balaban J connectivity index is 2.23. The molecule has 0 aliphatic heterocycles. The van der Waals surface area contributed by atoms with E-state index in [2.05, 4.69) is 4.98 Å². The average molecular weight is 323 g/mol. The zero-order chi connectivity index (χ0) is 15.0. The molecular weight excluding hydrogens is 310 g/mol. The van der Waals surface area contributed by atoms with Crippen LogP contribution in [0.25, 0.3) is 11.0 Å². The average Bonchev–Trinajstić information content (AvgIpc) is 2.85. The first kappa shape index (κ1) is 14.4. The van der Waals surface area contributed by atoms with Gasteiger partial charge < -0.3 is 4.57 Å². The van der Waals surface area contributed by atoms with Crippen molar-refractivity contribution >= 4 is 34.2 Å². The van der Waals surface area contributed by atoms with Gasteiger partial charge in [-0.05, 0) is 18.6 Å². The van der Waals surface area contributed by atoms with Gasteiger partial charge in [0, 0.05) is 6.07 Å². The van der Waals surface area contributed by atoms with Crippen LogP contribution in [0.15, 0.2) is 42.5 Å². The predicted molar refractivity (Wildman–Crippen MR) is 84.5 cm³/mol. The number of benzene rings is 2. The molecule has 0 saturated heterocycles. The molecule has 0 amide bonds. The smallest absolute Gasteiger partial charge is 0.144 e. The van der Waals surface area contributed by atoms with Gasteiger partial charge in [-0.25, -0.2) is 9.37 Å². The second kappa shape index (κ2) is 5.66. The molecule has 1 aromatic heterocycles. The third kappa shape index (κ3) is 2.52. The van der Waals surface area contributed by atoms with Crippen LogP contribution in [-0.2, 0) is 5.88 Å². The number of halogens is 3. The maximum atomic E-state index is 13.8. The van der Waals surface area contributed by atoms with Crippen molar-refractivity contribution in [2.24, 2.45) is 0 Å². The first-order valence-electron chi connectivity index (χ1n) is 6.58. The van der Waals surface area contributed by atoms with E-state index < -0.39 is 5.82 Å². The van der Waals surface area contributed by atoms with E-state index in [4.69, 9.17) is 23.2 Å². The van der Waals surface area contributed by atoms with Crippen LogP contribution < -0.4 is 0 Å². The number of nitrogens with zero attached hydrogens (tertiary/aromatic N) is 2. The van der Waals surface area contributed by atoms with Gasteiger partial charge in [0.25, 0.3) is 0 Å². The minimum absolute atomic E-state index is 0.00512. The molecule has 3 aromatic rings. The van der Waals surface area contributed by atoms with Gasteiger partial charge in [0.2, 0.25) is 0 Å². The fourth-order valence-corrected chi connectivity index (χ4v) is 2.89. The van der Waals surface area contributed by atoms with Gasteiger partial charge in [-0.1, -0.05) is 41.9 Å². The van der Waals surface area contributed by atoms with Crippen LogP contribution in [-0.4, -0.2) is 9.55 Å². The van der Waals surface area contributed by atoms with Crippen molar-refractivity contribution in [1.29, 1.82) is 0 Å². The van der Waals surface area contributed by atoms with E-state index in [1.54, 1.807) is 0 Å². The summed E-state index contributed by atoms with van der Waals surface area (Å²) >= 11 is 11.8. The Morgan fingerprint density at radius 3 is 2.62 bits per heavy atom. The van der Waals surface area contributed by atoms with Crippen LogP contribution in [0.4, 0.5) is 4.39 Å². The Kier molecular flexibility index (Phi) is 3.87. The zero-order valence-corrected chi connectivity index (χ0v) is 12.9. The molecule has 1 atom stereocenters. The van der Waals surface area contributed by atoms with E-state index in [0.717, 1.165) is 5.56 Å². The third-order valence-electron chi connectivity index (χ3n) is 3.59. The van der Waals surface area contributed by atoms with Crippen LogP contribution in [0.1, 0.15) is 24.4 Å². The summed E-state index contributed by atoms with van der Waals surface area (Å²) in [7, 11) is 0. The maximum Gasteiger partial charge on any atom is 0.144 e. The lowest BCUT2D eigenvalue weighted by atomic mass is 10.1. The summed E-state index contributed by atoms with van der Waals surface area (Å²) in [6.07, 6.45) is 0. The van der Waals surface area contributed by atoms with E-state index in [9.17, 15) is 4.39 Å². The Bertz CT molecular complexity index is 784. The summed E-state index contributed by atoms with van der Waals surface area (Å²) in [5.74, 6) is 0.502. The highest BCUT2D eigenvalue weighted by Gasteiger charge is 2.18. The molecule has 1 heterocycles. The summed E-state index contributed by atoms with van der Waals surface area (Å²) in [4.78, 5) is 4.46. The zero-order valence-electron chi connectivity index (χ0n) is 11.4. The molecule has 1 unspecified atom stereocenters. The molecule has 0 bridgehead atoms. The minimum atomic E-state index is -0.452. The quantitative estimate of drug-likeness (QED) is 0.608. The molecule has 0 radical (unpaired) electrons. The van der Waals surface area contributed by atoms with Crippen LogP contribution in [0.2, 0.25) is 5.02 Å². The first-order valence-corrected chi connectivity index (χ1v) is 7.50. The maximum absolute atomic E-state index is 13.8. The van der Waals surface area contributed by atoms with Gasteiger partial charge in [0.1, 0.15) is 11.6 Å². The van der Waals surface area contributed by atoms with Gasteiger partial charge in [-0.3, -0.25) is 0 Å². The molecule has 0 N–H and O–H groups in total. The third-order valence-corrected chi connectivity index (χ3v) is 4.12. The highest BCUT2D eigenvalue weighted by Crippen LogP contribution is 2.29. The van der Waals surface area contributed by atoms with Gasteiger partial charge >= 0.3 is 0 Å². The second-order valence-electron chi connectivity index (χ2n) is 4.87. The number of hydrogen-bond acceptors (Lipinski definition) is 1. The summed E-state index contributed by atoms with van der Waals surface area (Å²) in [6, 6.07) is 12.9. The number of hydrogen-bond donors (Lipinski definition) is 0. The van der Waals surface area contributed by atoms with E-state index in [-0.39, 0.29) is 16.9 Å². The van der Waals surface area contributed by atoms with Crippen molar-refractivity contribution in [3.8, 4) is 0 Å². The standard InChI is InChI=1S/C16H13Cl2FN2/c1-10(11-5-3-2-4-6-11)21-15-8-13(19)12(18)7-14(15)20-16(21)9-17/h2-8,10H,9H2,1H3. The molecule has 0 spiro atoms. The van der Waals surface area contributed by atoms with Crippen LogP contribution in [0.5, 0.6) is 0 Å². The Morgan fingerprint density at radius 2 is 1.95 bits per heavy atom. The number of fused-ring (bicyclic) bond motifs is 1. The summed E-state index contributed by atoms with van der Waals surface area (Å²) in [5, 5.41) is 0.0700. The number of alkyl halides is 1. The van der Waals surface area contributed by atoms with Crippen molar-refractivity contribution in [3.05, 3.63) is 64.7 Å². The van der Waals surface area contributed by atoms with E-state index in [1.165, 1.54) is 12.1 Å². The fourth-order valence-electron chi connectivity index (χ4n) is 2.55. The molecule has 5 heteroatoms. The normalized spacial score (nSPS) is 12.8. The van der Waals surface area contributed by atoms with Gasteiger partial charge in [0.05, 0.1) is 28.0 Å². The number of aromatic nitrogens is 2. The number of rotatable bonds is 3. The summed E-state index contributed by atoms with van der Waals surface area (Å²) in [6.45, 7) is 2.04. The Labute approximate surface area is 132 Å². The molecule has 0 fully saturated rings. The fraction of sp³-hybridized carbons (Fsp3) is 0.188. The molecule has 2 aromatic carbocycles. The van der Waals surface area contributed by atoms with Crippen LogP contribution >= 0.6 is 23.2 Å². The van der Waals surface area contributed by atoms with Crippen molar-refractivity contribution in [2.45, 2.75) is 18.8 Å². The lowest BCUT2D eigenvalue weighted by Crippen LogP contribution is -2.09. The van der Waals surface area contributed by atoms with Gasteiger partial charge in [0.15, 0.2) is 0 Å². The second-order valence-corrected chi connectivity index (χ2v) is 5.55. The molecule has 108 valence electrons. The van der Waals surface area contributed by atoms with Gasteiger partial charge in [-0.2, -0.15) is 0 Å². The topological polar surface area (TPSA) is 17.8 Å². The molecule has 0 aliphatic carbocycles. The summed E-state index contributed by atoms with van der Waals surface area (Å²) < 4.78 is 15.8. The van der Waals surface area contributed by atoms with Gasteiger partial charge in [-0.15, -0.1) is 11.6 Å². The minimum Gasteiger partial charge on any atom is -0.320 e. The van der Waals surface area contributed by atoms with Crippen LogP contribution in [0.3, 0.4) is 0 Å². The number of imidazole rings is 1. The largest absolute Gasteiger partial charge is 0.320 e. The molecule has 3 rings (SSSR count). The van der Waals surface area contributed by atoms with Crippen molar-refractivity contribution in [3.63, 3.8) is 0 Å². The van der Waals surface area contributed by atoms with Crippen molar-refractivity contribution in [1.82, 2.24) is 9.55 Å². The van der Waals surface area contributed by atoms with Crippen LogP contribution in [0, 0.1) is 5.82 Å². The van der Waals surface area contributed by atoms with E-state index in [1.807, 2.05) is 41.8 Å². The predicted octanol–water partition coefficient (Wildman–Crippen LogP) is 5.18. The highest BCUT2D eigenvalue weighted by atomic mass is 35.5. The Hall–Kier alpha value is -1.58. The van der Waals surface area contributed by atoms with E-state index >= 15 is 0 Å². The van der Waals surface area contributed by atoms with Crippen molar-refractivity contribution < 1.29 is 4.39 Å². The lowest BCUT2D eigenvalue weighted by molar-refractivity contribution is 0.618. The highest BCUT2D eigenvalue weighted by molar-refractivity contribution is 6.31. The SMILES string of the molecule is CC(c1ccccc1)n1c(CCl)nc2cc(Cl)c(F)cc21. The van der Waals surface area contributed by atoms with Crippen molar-refractivity contribution in [2.75, 3.05) is 0 Å².